The van der Waals surface area contributed by atoms with Gasteiger partial charge in [-0.05, 0) is 37.1 Å². The zero-order chi connectivity index (χ0) is 30.1. The Morgan fingerprint density at radius 3 is 1.80 bits per heavy atom. The van der Waals surface area contributed by atoms with Crippen LogP contribution in [0.5, 0.6) is 0 Å². The van der Waals surface area contributed by atoms with E-state index in [-0.39, 0.29) is 55.7 Å². The summed E-state index contributed by atoms with van der Waals surface area (Å²) < 4.78 is 0. The van der Waals surface area contributed by atoms with E-state index in [9.17, 15) is 29.1 Å². The summed E-state index contributed by atoms with van der Waals surface area (Å²) in [4.78, 5) is 64.8. The number of rotatable bonds is 12. The standard InChI is InChI=1S/C27H32N8O6/c28-23(29)16-3-7-18(8-4-16)25(39)32-11-1-2-20-27(41)34(15-22(37)38)12-13-35(20)21(36)14-33-26(40)19-9-5-17(6-10-19)24(30)31/h3-10,20H,1-2,11-15H2,(H3,28,29)(H3,30,31)(H,32,39)(H,33,40)(H,37,38)/t20-/m1/s1. The van der Waals surface area contributed by atoms with Gasteiger partial charge in [-0.2, -0.15) is 0 Å². The number of aliphatic carboxylic acids is 1. The van der Waals surface area contributed by atoms with Crippen molar-refractivity contribution in [1.82, 2.24) is 20.4 Å². The summed E-state index contributed by atoms with van der Waals surface area (Å²) >= 11 is 0. The number of carbonyl (C=O) groups excluding carboxylic acids is 4. The highest BCUT2D eigenvalue weighted by Gasteiger charge is 2.37. The first-order chi connectivity index (χ1) is 19.5. The molecule has 216 valence electrons. The number of carboxylic acid groups (broad SMARTS) is 1. The lowest BCUT2D eigenvalue weighted by molar-refractivity contribution is -0.155. The molecule has 0 bridgehead atoms. The van der Waals surface area contributed by atoms with Crippen molar-refractivity contribution in [3.8, 4) is 0 Å². The molecular formula is C27H32N8O6. The Bertz CT molecular complexity index is 1340. The van der Waals surface area contributed by atoms with Gasteiger partial charge in [-0.1, -0.05) is 24.3 Å². The zero-order valence-corrected chi connectivity index (χ0v) is 22.2. The molecule has 9 N–H and O–H groups in total. The molecule has 0 aliphatic carbocycles. The number of carboxylic acids is 1. The lowest BCUT2D eigenvalue weighted by atomic mass is 10.0. The summed E-state index contributed by atoms with van der Waals surface area (Å²) in [6.45, 7) is -0.591. The summed E-state index contributed by atoms with van der Waals surface area (Å²) in [5.74, 6) is -3.37. The lowest BCUT2D eigenvalue weighted by Crippen LogP contribution is -2.60. The van der Waals surface area contributed by atoms with Gasteiger partial charge in [0.05, 0.1) is 6.54 Å². The third kappa shape index (κ3) is 8.11. The monoisotopic (exact) mass is 564 g/mol. The second-order valence-corrected chi connectivity index (χ2v) is 9.32. The van der Waals surface area contributed by atoms with Crippen molar-refractivity contribution in [2.45, 2.75) is 18.9 Å². The molecule has 1 aliphatic rings. The molecule has 0 radical (unpaired) electrons. The number of amidine groups is 2. The van der Waals surface area contributed by atoms with Crippen LogP contribution in [0.1, 0.15) is 44.7 Å². The van der Waals surface area contributed by atoms with Crippen LogP contribution in [0.4, 0.5) is 0 Å². The number of nitrogens with one attached hydrogen (secondary N) is 4. The minimum atomic E-state index is -1.18. The molecule has 0 aromatic heterocycles. The van der Waals surface area contributed by atoms with E-state index in [0.29, 0.717) is 23.1 Å². The molecular weight excluding hydrogens is 532 g/mol. The molecule has 1 aliphatic heterocycles. The number of nitrogen functional groups attached to an aromatic ring is 2. The predicted octanol–water partition coefficient (Wildman–Crippen LogP) is -0.681. The molecule has 0 unspecified atom stereocenters. The van der Waals surface area contributed by atoms with E-state index in [0.717, 1.165) is 0 Å². The maximum atomic E-state index is 13.1. The maximum absolute atomic E-state index is 13.1. The smallest absolute Gasteiger partial charge is 0.323 e. The average molecular weight is 565 g/mol. The van der Waals surface area contributed by atoms with E-state index < -0.39 is 36.3 Å². The molecule has 1 heterocycles. The second kappa shape index (κ2) is 13.7. The Balaban J connectivity index is 1.59. The van der Waals surface area contributed by atoms with Crippen LogP contribution >= 0.6 is 0 Å². The van der Waals surface area contributed by atoms with Crippen LogP contribution in [0.15, 0.2) is 48.5 Å². The summed E-state index contributed by atoms with van der Waals surface area (Å²) in [7, 11) is 0. The topological polar surface area (TPSA) is 236 Å². The number of piperazine rings is 1. The SMILES string of the molecule is N=C(N)c1ccc(C(=O)NCCC[C@@H]2C(=O)N(CC(=O)O)CCN2C(=O)CNC(=O)c2ccc(C(=N)N)cc2)cc1. The molecule has 2 aromatic rings. The molecule has 1 saturated heterocycles. The van der Waals surface area contributed by atoms with Crippen molar-refractivity contribution in [3.05, 3.63) is 70.8 Å². The summed E-state index contributed by atoms with van der Waals surface area (Å²) in [6, 6.07) is 11.2. The molecule has 41 heavy (non-hydrogen) atoms. The van der Waals surface area contributed by atoms with Crippen LogP contribution in [0.25, 0.3) is 0 Å². The highest BCUT2D eigenvalue weighted by molar-refractivity contribution is 6.00. The first-order valence-corrected chi connectivity index (χ1v) is 12.7. The van der Waals surface area contributed by atoms with E-state index in [1.54, 1.807) is 12.1 Å². The van der Waals surface area contributed by atoms with Crippen molar-refractivity contribution in [2.24, 2.45) is 11.5 Å². The number of carbonyl (C=O) groups is 5. The van der Waals surface area contributed by atoms with Gasteiger partial charge in [-0.3, -0.25) is 34.8 Å². The van der Waals surface area contributed by atoms with Crippen LogP contribution in [0.2, 0.25) is 0 Å². The van der Waals surface area contributed by atoms with E-state index in [1.807, 2.05) is 0 Å². The molecule has 1 fully saturated rings. The van der Waals surface area contributed by atoms with Gasteiger partial charge in [0.1, 0.15) is 24.3 Å². The Morgan fingerprint density at radius 1 is 0.829 bits per heavy atom. The molecule has 4 amide bonds. The van der Waals surface area contributed by atoms with Crippen LogP contribution < -0.4 is 22.1 Å². The van der Waals surface area contributed by atoms with Crippen LogP contribution in [-0.4, -0.2) is 94.9 Å². The fourth-order valence-corrected chi connectivity index (χ4v) is 4.30. The number of benzene rings is 2. The molecule has 0 spiro atoms. The number of hydrogen-bond donors (Lipinski definition) is 7. The minimum Gasteiger partial charge on any atom is -0.480 e. The van der Waals surface area contributed by atoms with Crippen LogP contribution in [0.3, 0.4) is 0 Å². The second-order valence-electron chi connectivity index (χ2n) is 9.32. The molecule has 1 atom stereocenters. The van der Waals surface area contributed by atoms with E-state index >= 15 is 0 Å². The van der Waals surface area contributed by atoms with E-state index in [4.69, 9.17) is 22.3 Å². The Labute approximate surface area is 235 Å². The van der Waals surface area contributed by atoms with Gasteiger partial charge in [-0.15, -0.1) is 0 Å². The Morgan fingerprint density at radius 2 is 1.32 bits per heavy atom. The van der Waals surface area contributed by atoms with Gasteiger partial charge in [0.25, 0.3) is 11.8 Å². The lowest BCUT2D eigenvalue weighted by Gasteiger charge is -2.40. The fraction of sp³-hybridized carbons (Fsp3) is 0.296. The van der Waals surface area contributed by atoms with E-state index in [1.165, 1.54) is 46.2 Å². The van der Waals surface area contributed by atoms with Crippen molar-refractivity contribution in [2.75, 3.05) is 32.7 Å². The average Bonchev–Trinajstić information content (AvgIpc) is 2.95. The van der Waals surface area contributed by atoms with Gasteiger partial charge in [0.15, 0.2) is 0 Å². The minimum absolute atomic E-state index is 0.0286. The Hall–Kier alpha value is -5.27. The van der Waals surface area contributed by atoms with Crippen LogP contribution in [-0.2, 0) is 14.4 Å². The molecule has 0 saturated carbocycles. The van der Waals surface area contributed by atoms with Crippen LogP contribution in [0, 0.1) is 10.8 Å². The van der Waals surface area contributed by atoms with Gasteiger partial charge >= 0.3 is 5.97 Å². The largest absolute Gasteiger partial charge is 0.480 e. The molecule has 2 aromatic carbocycles. The number of amides is 4. The predicted molar refractivity (Wildman–Crippen MR) is 149 cm³/mol. The zero-order valence-electron chi connectivity index (χ0n) is 22.2. The summed E-state index contributed by atoms with van der Waals surface area (Å²) in [6.07, 6.45) is 0.470. The quantitative estimate of drug-likeness (QED) is 0.0988. The molecule has 3 rings (SSSR count). The van der Waals surface area contributed by atoms with Gasteiger partial charge < -0.3 is 37.0 Å². The van der Waals surface area contributed by atoms with Crippen molar-refractivity contribution in [1.29, 1.82) is 10.8 Å². The molecule has 14 nitrogen and oxygen atoms in total. The Kier molecular flexibility index (Phi) is 10.1. The first kappa shape index (κ1) is 30.3. The summed E-state index contributed by atoms with van der Waals surface area (Å²) in [5, 5.41) is 29.3. The van der Waals surface area contributed by atoms with Gasteiger partial charge in [0, 0.05) is 41.9 Å². The first-order valence-electron chi connectivity index (χ1n) is 12.7. The molecule has 14 heteroatoms. The number of hydrogen-bond acceptors (Lipinski definition) is 7. The number of nitrogens with two attached hydrogens (primary N) is 2. The third-order valence-corrected chi connectivity index (χ3v) is 6.49. The van der Waals surface area contributed by atoms with E-state index in [2.05, 4.69) is 10.6 Å². The highest BCUT2D eigenvalue weighted by Crippen LogP contribution is 2.17. The highest BCUT2D eigenvalue weighted by atomic mass is 16.4. The van der Waals surface area contributed by atoms with Crippen molar-refractivity contribution >= 4 is 41.3 Å². The normalized spacial score (nSPS) is 14.7. The maximum Gasteiger partial charge on any atom is 0.323 e. The van der Waals surface area contributed by atoms with Crippen molar-refractivity contribution in [3.63, 3.8) is 0 Å². The number of nitrogens with zero attached hydrogens (tertiary/aromatic N) is 2. The summed E-state index contributed by atoms with van der Waals surface area (Å²) in [5.41, 5.74) is 12.4. The van der Waals surface area contributed by atoms with Gasteiger partial charge in [0.2, 0.25) is 11.8 Å². The van der Waals surface area contributed by atoms with Gasteiger partial charge in [-0.25, -0.2) is 0 Å². The fourth-order valence-electron chi connectivity index (χ4n) is 4.30. The van der Waals surface area contributed by atoms with Crippen molar-refractivity contribution < 1.29 is 29.1 Å². The third-order valence-electron chi connectivity index (χ3n) is 6.49.